The van der Waals surface area contributed by atoms with Gasteiger partial charge in [-0.15, -0.1) is 10.2 Å². The maximum absolute atomic E-state index is 5.76. The lowest BCUT2D eigenvalue weighted by Crippen LogP contribution is -1.94. The molecule has 0 radical (unpaired) electrons. The van der Waals surface area contributed by atoms with E-state index >= 15 is 0 Å². The van der Waals surface area contributed by atoms with Gasteiger partial charge in [-0.25, -0.2) is 0 Å². The average molecular weight is 226 g/mol. The molecule has 6 heteroatoms. The third-order valence-corrected chi connectivity index (χ3v) is 2.45. The second kappa shape index (κ2) is 3.44. The molecular formula is C11H10N6. The summed E-state index contributed by atoms with van der Waals surface area (Å²) < 4.78 is 1.83. The van der Waals surface area contributed by atoms with E-state index < -0.39 is 0 Å². The number of nitrogen functional groups attached to an aromatic ring is 2. The van der Waals surface area contributed by atoms with E-state index in [0.29, 0.717) is 22.8 Å². The van der Waals surface area contributed by atoms with Gasteiger partial charge in [0.2, 0.25) is 0 Å². The fourth-order valence-corrected chi connectivity index (χ4v) is 1.76. The molecule has 0 spiro atoms. The van der Waals surface area contributed by atoms with Crippen LogP contribution in [-0.4, -0.2) is 19.6 Å². The van der Waals surface area contributed by atoms with Gasteiger partial charge in [0.15, 0.2) is 11.5 Å². The van der Waals surface area contributed by atoms with Crippen LogP contribution in [0, 0.1) is 0 Å². The molecule has 4 N–H and O–H groups in total. The summed E-state index contributed by atoms with van der Waals surface area (Å²) in [6.07, 6.45) is 5.12. The SMILES string of the molecule is Nc1cc(N)cc(-c2nnc3cnccn23)c1. The molecule has 3 aromatic rings. The van der Waals surface area contributed by atoms with Crippen LogP contribution in [0.3, 0.4) is 0 Å². The van der Waals surface area contributed by atoms with Crippen molar-refractivity contribution in [1.82, 2.24) is 19.6 Å². The highest BCUT2D eigenvalue weighted by Crippen LogP contribution is 2.23. The summed E-state index contributed by atoms with van der Waals surface area (Å²) in [4.78, 5) is 3.98. The molecule has 0 saturated carbocycles. The Bertz CT molecular complexity index is 667. The number of hydrogen-bond donors (Lipinski definition) is 2. The highest BCUT2D eigenvalue weighted by Gasteiger charge is 2.08. The molecule has 0 aliphatic carbocycles. The van der Waals surface area contributed by atoms with Crippen molar-refractivity contribution in [3.05, 3.63) is 36.8 Å². The first-order chi connectivity index (χ1) is 8.24. The van der Waals surface area contributed by atoms with Crippen LogP contribution in [0.1, 0.15) is 0 Å². The molecule has 2 heterocycles. The fraction of sp³-hybridized carbons (Fsp3) is 0. The van der Waals surface area contributed by atoms with Crippen molar-refractivity contribution in [2.24, 2.45) is 0 Å². The van der Waals surface area contributed by atoms with Gasteiger partial charge in [-0.3, -0.25) is 9.38 Å². The summed E-state index contributed by atoms with van der Waals surface area (Å²) in [6.45, 7) is 0. The van der Waals surface area contributed by atoms with Crippen LogP contribution >= 0.6 is 0 Å². The quantitative estimate of drug-likeness (QED) is 0.602. The van der Waals surface area contributed by atoms with Crippen LogP contribution < -0.4 is 11.5 Å². The van der Waals surface area contributed by atoms with E-state index in [4.69, 9.17) is 11.5 Å². The molecule has 0 saturated heterocycles. The van der Waals surface area contributed by atoms with Gasteiger partial charge in [0.1, 0.15) is 0 Å². The maximum atomic E-state index is 5.76. The van der Waals surface area contributed by atoms with Crippen LogP contribution in [0.15, 0.2) is 36.8 Å². The van der Waals surface area contributed by atoms with Crippen molar-refractivity contribution in [1.29, 1.82) is 0 Å². The van der Waals surface area contributed by atoms with Gasteiger partial charge >= 0.3 is 0 Å². The van der Waals surface area contributed by atoms with Crippen molar-refractivity contribution in [2.75, 3.05) is 11.5 Å². The lowest BCUT2D eigenvalue weighted by Gasteiger charge is -2.03. The molecule has 17 heavy (non-hydrogen) atoms. The molecule has 0 amide bonds. The molecule has 0 bridgehead atoms. The second-order valence-corrected chi connectivity index (χ2v) is 3.72. The number of fused-ring (bicyclic) bond motifs is 1. The van der Waals surface area contributed by atoms with Crippen molar-refractivity contribution in [3.8, 4) is 11.4 Å². The second-order valence-electron chi connectivity index (χ2n) is 3.72. The lowest BCUT2D eigenvalue weighted by atomic mass is 10.1. The Morgan fingerprint density at radius 3 is 2.53 bits per heavy atom. The molecule has 0 aliphatic heterocycles. The minimum atomic E-state index is 0.603. The van der Waals surface area contributed by atoms with E-state index in [1.54, 1.807) is 24.7 Å². The summed E-state index contributed by atoms with van der Waals surface area (Å²) >= 11 is 0. The molecule has 2 aromatic heterocycles. The van der Waals surface area contributed by atoms with Crippen molar-refractivity contribution in [3.63, 3.8) is 0 Å². The van der Waals surface area contributed by atoms with Crippen molar-refractivity contribution >= 4 is 17.0 Å². The smallest absolute Gasteiger partial charge is 0.179 e. The first-order valence-electron chi connectivity index (χ1n) is 5.05. The van der Waals surface area contributed by atoms with E-state index in [0.717, 1.165) is 5.56 Å². The highest BCUT2D eigenvalue weighted by atomic mass is 15.2. The van der Waals surface area contributed by atoms with Crippen LogP contribution in [0.5, 0.6) is 0 Å². The Balaban J connectivity index is 2.27. The predicted octanol–water partition coefficient (Wildman–Crippen LogP) is 0.956. The van der Waals surface area contributed by atoms with E-state index in [1.807, 2.05) is 16.5 Å². The van der Waals surface area contributed by atoms with Gasteiger partial charge < -0.3 is 11.5 Å². The van der Waals surface area contributed by atoms with Crippen LogP contribution in [-0.2, 0) is 0 Å². The first kappa shape index (κ1) is 9.59. The Morgan fingerprint density at radius 2 is 1.76 bits per heavy atom. The molecule has 0 fully saturated rings. The number of anilines is 2. The topological polar surface area (TPSA) is 95.1 Å². The van der Waals surface area contributed by atoms with E-state index in [1.165, 1.54) is 0 Å². The number of rotatable bonds is 1. The van der Waals surface area contributed by atoms with E-state index in [2.05, 4.69) is 15.2 Å². The molecular weight excluding hydrogens is 216 g/mol. The average Bonchev–Trinajstić information content (AvgIpc) is 2.71. The van der Waals surface area contributed by atoms with E-state index in [-0.39, 0.29) is 0 Å². The zero-order valence-corrected chi connectivity index (χ0v) is 8.91. The minimum absolute atomic E-state index is 0.603. The lowest BCUT2D eigenvalue weighted by molar-refractivity contribution is 1.11. The molecule has 0 atom stereocenters. The van der Waals surface area contributed by atoms with Gasteiger partial charge in [-0.1, -0.05) is 0 Å². The number of benzene rings is 1. The van der Waals surface area contributed by atoms with Gasteiger partial charge in [-0.2, -0.15) is 0 Å². The van der Waals surface area contributed by atoms with Gasteiger partial charge in [-0.05, 0) is 18.2 Å². The summed E-state index contributed by atoms with van der Waals surface area (Å²) in [7, 11) is 0. The third kappa shape index (κ3) is 1.55. The first-order valence-corrected chi connectivity index (χ1v) is 5.05. The Labute approximate surface area is 96.9 Å². The number of hydrogen-bond acceptors (Lipinski definition) is 5. The normalized spacial score (nSPS) is 10.8. The zero-order valence-electron chi connectivity index (χ0n) is 8.91. The molecule has 1 aromatic carbocycles. The Morgan fingerprint density at radius 1 is 1.00 bits per heavy atom. The predicted molar refractivity (Wildman–Crippen MR) is 65.0 cm³/mol. The van der Waals surface area contributed by atoms with Gasteiger partial charge in [0.05, 0.1) is 6.20 Å². The monoisotopic (exact) mass is 226 g/mol. The highest BCUT2D eigenvalue weighted by molar-refractivity contribution is 5.69. The van der Waals surface area contributed by atoms with Crippen LogP contribution in [0.25, 0.3) is 17.0 Å². The third-order valence-electron chi connectivity index (χ3n) is 2.45. The van der Waals surface area contributed by atoms with Gasteiger partial charge in [0.25, 0.3) is 0 Å². The van der Waals surface area contributed by atoms with Crippen LogP contribution in [0.2, 0.25) is 0 Å². The number of nitrogens with zero attached hydrogens (tertiary/aromatic N) is 4. The van der Waals surface area contributed by atoms with Crippen LogP contribution in [0.4, 0.5) is 11.4 Å². The summed E-state index contributed by atoms with van der Waals surface area (Å²) in [6, 6.07) is 5.33. The zero-order chi connectivity index (χ0) is 11.8. The Kier molecular flexibility index (Phi) is 1.94. The summed E-state index contributed by atoms with van der Waals surface area (Å²) in [5, 5.41) is 8.13. The fourth-order valence-electron chi connectivity index (χ4n) is 1.76. The molecule has 6 nitrogen and oxygen atoms in total. The molecule has 84 valence electrons. The summed E-state index contributed by atoms with van der Waals surface area (Å²) in [5.41, 5.74) is 14.2. The standard InChI is InChI=1S/C11H10N6/c12-8-3-7(4-9(13)5-8)11-16-15-10-6-14-1-2-17(10)11/h1-6H,12-13H2. The molecule has 0 aliphatic rings. The molecule has 3 rings (SSSR count). The van der Waals surface area contributed by atoms with Gasteiger partial charge in [0, 0.05) is 29.3 Å². The number of aromatic nitrogens is 4. The molecule has 0 unspecified atom stereocenters. The number of nitrogens with two attached hydrogens (primary N) is 2. The largest absolute Gasteiger partial charge is 0.399 e. The Hall–Kier alpha value is -2.63. The van der Waals surface area contributed by atoms with E-state index in [9.17, 15) is 0 Å². The van der Waals surface area contributed by atoms with Crippen molar-refractivity contribution in [2.45, 2.75) is 0 Å². The maximum Gasteiger partial charge on any atom is 0.179 e. The summed E-state index contributed by atoms with van der Waals surface area (Å²) in [5.74, 6) is 0.696. The minimum Gasteiger partial charge on any atom is -0.399 e. The van der Waals surface area contributed by atoms with Crippen molar-refractivity contribution < 1.29 is 0 Å².